The van der Waals surface area contributed by atoms with Gasteiger partial charge in [-0.2, -0.15) is 0 Å². The van der Waals surface area contributed by atoms with Gasteiger partial charge in [0.25, 0.3) is 0 Å². The summed E-state index contributed by atoms with van der Waals surface area (Å²) < 4.78 is 26.4. The number of piperazine rings is 1. The quantitative estimate of drug-likeness (QED) is 0.709. The zero-order chi connectivity index (χ0) is 21.9. The molecule has 1 aliphatic rings. The molecule has 1 amide bonds. The summed E-state index contributed by atoms with van der Waals surface area (Å²) in [4.78, 5) is 17.3. The number of hydrogen-bond donors (Lipinski definition) is 0. The van der Waals surface area contributed by atoms with E-state index >= 15 is 0 Å². The molecule has 7 heteroatoms. The van der Waals surface area contributed by atoms with Gasteiger partial charge in [-0.1, -0.05) is 36.4 Å². The fraction of sp³-hybridized carbons (Fsp3) is 0.435. The van der Waals surface area contributed by atoms with Crippen LogP contribution >= 0.6 is 0 Å². The number of anilines is 1. The summed E-state index contributed by atoms with van der Waals surface area (Å²) in [5.41, 5.74) is 3.86. The van der Waals surface area contributed by atoms with E-state index in [-0.39, 0.29) is 5.91 Å². The molecule has 0 saturated carbocycles. The first-order chi connectivity index (χ1) is 14.2. The van der Waals surface area contributed by atoms with Crippen molar-refractivity contribution in [3.63, 3.8) is 0 Å². The van der Waals surface area contributed by atoms with E-state index in [9.17, 15) is 13.2 Å². The first-order valence-electron chi connectivity index (χ1n) is 10.3. The summed E-state index contributed by atoms with van der Waals surface area (Å²) in [6.07, 6.45) is 1.16. The number of amides is 1. The molecule has 0 radical (unpaired) electrons. The van der Waals surface area contributed by atoms with Gasteiger partial charge in [-0.15, -0.1) is 0 Å². The first-order valence-corrected chi connectivity index (χ1v) is 12.1. The second-order valence-corrected chi connectivity index (χ2v) is 9.95. The Morgan fingerprint density at radius 1 is 1.00 bits per heavy atom. The Morgan fingerprint density at radius 2 is 1.63 bits per heavy atom. The SMILES string of the molecule is Cc1ccc(N(C(C)C(=O)N2CCN(Cc3ccccc3)CC2)S(C)(=O)=O)cc1C. The van der Waals surface area contributed by atoms with Crippen LogP contribution in [0.15, 0.2) is 48.5 Å². The monoisotopic (exact) mass is 429 g/mol. The molecule has 1 saturated heterocycles. The average Bonchev–Trinajstić information content (AvgIpc) is 2.70. The van der Waals surface area contributed by atoms with Crippen LogP contribution in [0.3, 0.4) is 0 Å². The fourth-order valence-corrected chi connectivity index (χ4v) is 5.06. The third-order valence-corrected chi connectivity index (χ3v) is 6.99. The molecule has 1 unspecified atom stereocenters. The zero-order valence-electron chi connectivity index (χ0n) is 18.2. The van der Waals surface area contributed by atoms with Crippen molar-refractivity contribution in [2.24, 2.45) is 0 Å². The summed E-state index contributed by atoms with van der Waals surface area (Å²) in [6, 6.07) is 15.0. The maximum atomic E-state index is 13.2. The van der Waals surface area contributed by atoms with Crippen LogP contribution in [0.5, 0.6) is 0 Å². The minimum Gasteiger partial charge on any atom is -0.338 e. The van der Waals surface area contributed by atoms with Gasteiger partial charge < -0.3 is 4.90 Å². The summed E-state index contributed by atoms with van der Waals surface area (Å²) in [6.45, 7) is 9.20. The van der Waals surface area contributed by atoms with Gasteiger partial charge in [0.1, 0.15) is 6.04 Å². The molecule has 1 fully saturated rings. The van der Waals surface area contributed by atoms with E-state index in [0.29, 0.717) is 18.8 Å². The van der Waals surface area contributed by atoms with Gasteiger partial charge in [-0.3, -0.25) is 14.0 Å². The lowest BCUT2D eigenvalue weighted by Crippen LogP contribution is -2.55. The molecule has 2 aromatic carbocycles. The molecule has 0 bridgehead atoms. The van der Waals surface area contributed by atoms with Crippen molar-refractivity contribution >= 4 is 21.6 Å². The molecule has 3 rings (SSSR count). The lowest BCUT2D eigenvalue weighted by molar-refractivity contribution is -0.133. The molecule has 0 N–H and O–H groups in total. The van der Waals surface area contributed by atoms with Gasteiger partial charge in [0, 0.05) is 32.7 Å². The van der Waals surface area contributed by atoms with Crippen LogP contribution in [0, 0.1) is 13.8 Å². The lowest BCUT2D eigenvalue weighted by atomic mass is 10.1. The van der Waals surface area contributed by atoms with Crippen molar-refractivity contribution in [3.8, 4) is 0 Å². The Labute approximate surface area is 180 Å². The maximum absolute atomic E-state index is 13.2. The van der Waals surface area contributed by atoms with Crippen molar-refractivity contribution in [3.05, 3.63) is 65.2 Å². The third-order valence-electron chi connectivity index (χ3n) is 5.74. The van der Waals surface area contributed by atoms with Gasteiger partial charge in [0.05, 0.1) is 11.9 Å². The largest absolute Gasteiger partial charge is 0.338 e. The Kier molecular flexibility index (Phi) is 6.83. The normalized spacial score (nSPS) is 16.3. The van der Waals surface area contributed by atoms with Crippen LogP contribution < -0.4 is 4.31 Å². The minimum absolute atomic E-state index is 0.155. The molecule has 0 spiro atoms. The molecular weight excluding hydrogens is 398 g/mol. The number of nitrogens with zero attached hydrogens (tertiary/aromatic N) is 3. The van der Waals surface area contributed by atoms with Crippen molar-refractivity contribution < 1.29 is 13.2 Å². The number of rotatable bonds is 6. The van der Waals surface area contributed by atoms with E-state index in [1.54, 1.807) is 17.9 Å². The fourth-order valence-electron chi connectivity index (χ4n) is 3.90. The number of hydrogen-bond acceptors (Lipinski definition) is 4. The molecule has 1 aliphatic heterocycles. The van der Waals surface area contributed by atoms with Crippen LogP contribution in [0.2, 0.25) is 0 Å². The molecule has 1 heterocycles. The van der Waals surface area contributed by atoms with Gasteiger partial charge in [-0.05, 0) is 49.6 Å². The molecule has 162 valence electrons. The smallest absolute Gasteiger partial charge is 0.246 e. The van der Waals surface area contributed by atoms with Crippen LogP contribution in [0.4, 0.5) is 5.69 Å². The van der Waals surface area contributed by atoms with Crippen molar-refractivity contribution in [2.75, 3.05) is 36.7 Å². The first kappa shape index (κ1) is 22.3. The zero-order valence-corrected chi connectivity index (χ0v) is 19.0. The van der Waals surface area contributed by atoms with Crippen LogP contribution in [-0.2, 0) is 21.4 Å². The van der Waals surface area contributed by atoms with Crippen molar-refractivity contribution in [1.29, 1.82) is 0 Å². The van der Waals surface area contributed by atoms with Crippen LogP contribution in [0.1, 0.15) is 23.6 Å². The van der Waals surface area contributed by atoms with Gasteiger partial charge in [0.2, 0.25) is 15.9 Å². The third kappa shape index (κ3) is 5.21. The van der Waals surface area contributed by atoms with Crippen LogP contribution in [-0.4, -0.2) is 62.6 Å². The van der Waals surface area contributed by atoms with E-state index < -0.39 is 16.1 Å². The summed E-state index contributed by atoms with van der Waals surface area (Å²) >= 11 is 0. The summed E-state index contributed by atoms with van der Waals surface area (Å²) in [5.74, 6) is -0.155. The Bertz CT molecular complexity index is 984. The number of carbonyl (C=O) groups is 1. The van der Waals surface area contributed by atoms with E-state index in [1.807, 2.05) is 44.2 Å². The number of carbonyl (C=O) groups excluding carboxylic acids is 1. The van der Waals surface area contributed by atoms with Crippen molar-refractivity contribution in [1.82, 2.24) is 9.80 Å². The highest BCUT2D eigenvalue weighted by atomic mass is 32.2. The van der Waals surface area contributed by atoms with Gasteiger partial charge >= 0.3 is 0 Å². The number of sulfonamides is 1. The Hall–Kier alpha value is -2.38. The van der Waals surface area contributed by atoms with Crippen molar-refractivity contribution in [2.45, 2.75) is 33.4 Å². The van der Waals surface area contributed by atoms with E-state index in [0.717, 1.165) is 37.0 Å². The van der Waals surface area contributed by atoms with Gasteiger partial charge in [-0.25, -0.2) is 8.42 Å². The van der Waals surface area contributed by atoms with E-state index in [4.69, 9.17) is 0 Å². The molecular formula is C23H31N3O3S. The van der Waals surface area contributed by atoms with Crippen LogP contribution in [0.25, 0.3) is 0 Å². The molecule has 0 aliphatic carbocycles. The van der Waals surface area contributed by atoms with E-state index in [2.05, 4.69) is 17.0 Å². The second kappa shape index (κ2) is 9.18. The van der Waals surface area contributed by atoms with E-state index in [1.165, 1.54) is 9.87 Å². The average molecular weight is 430 g/mol. The predicted octanol–water partition coefficient (Wildman–Crippen LogP) is 2.80. The second-order valence-electron chi connectivity index (χ2n) is 8.09. The summed E-state index contributed by atoms with van der Waals surface area (Å²) in [5, 5.41) is 0. The molecule has 2 aromatic rings. The highest BCUT2D eigenvalue weighted by Crippen LogP contribution is 2.24. The highest BCUT2D eigenvalue weighted by molar-refractivity contribution is 7.92. The lowest BCUT2D eigenvalue weighted by Gasteiger charge is -2.38. The highest BCUT2D eigenvalue weighted by Gasteiger charge is 2.33. The number of benzene rings is 2. The molecule has 1 atom stereocenters. The maximum Gasteiger partial charge on any atom is 0.246 e. The topological polar surface area (TPSA) is 60.9 Å². The molecule has 6 nitrogen and oxygen atoms in total. The summed E-state index contributed by atoms with van der Waals surface area (Å²) in [7, 11) is -3.61. The number of aryl methyl sites for hydroxylation is 2. The standard InChI is InChI=1S/C23H31N3O3S/c1-18-10-11-22(16-19(18)2)26(30(4,28)29)20(3)23(27)25-14-12-24(13-15-25)17-21-8-6-5-7-9-21/h5-11,16,20H,12-15,17H2,1-4H3. The molecule has 0 aromatic heterocycles. The Balaban J connectivity index is 1.69. The Morgan fingerprint density at radius 3 is 2.20 bits per heavy atom. The van der Waals surface area contributed by atoms with Gasteiger partial charge in [0.15, 0.2) is 0 Å². The molecule has 30 heavy (non-hydrogen) atoms. The predicted molar refractivity (Wildman–Crippen MR) is 121 cm³/mol. The minimum atomic E-state index is -3.61.